The highest BCUT2D eigenvalue weighted by Crippen LogP contribution is 2.09. The summed E-state index contributed by atoms with van der Waals surface area (Å²) in [4.78, 5) is 14.3. The van der Waals surface area contributed by atoms with Crippen LogP contribution < -0.4 is 10.6 Å². The van der Waals surface area contributed by atoms with E-state index in [1.807, 2.05) is 31.2 Å². The number of morpholine rings is 1. The molecule has 0 spiro atoms. The van der Waals surface area contributed by atoms with Gasteiger partial charge in [0.15, 0.2) is 0 Å². The highest BCUT2D eigenvalue weighted by atomic mass is 16.5. The van der Waals surface area contributed by atoms with Crippen LogP contribution in [-0.2, 0) is 4.74 Å². The quantitative estimate of drug-likeness (QED) is 0.878. The van der Waals surface area contributed by atoms with E-state index in [2.05, 4.69) is 29.4 Å². The van der Waals surface area contributed by atoms with Crippen molar-refractivity contribution in [2.24, 2.45) is 5.92 Å². The van der Waals surface area contributed by atoms with E-state index in [1.54, 1.807) is 0 Å². The van der Waals surface area contributed by atoms with E-state index < -0.39 is 0 Å². The Morgan fingerprint density at radius 1 is 1.36 bits per heavy atom. The summed E-state index contributed by atoms with van der Waals surface area (Å²) >= 11 is 0. The molecule has 122 valence electrons. The molecule has 1 atom stereocenters. The zero-order chi connectivity index (χ0) is 15.9. The van der Waals surface area contributed by atoms with Crippen LogP contribution in [0.5, 0.6) is 0 Å². The monoisotopic (exact) mass is 305 g/mol. The number of hydrogen-bond acceptors (Lipinski definition) is 3. The maximum Gasteiger partial charge on any atom is 0.319 e. The van der Waals surface area contributed by atoms with Crippen LogP contribution >= 0.6 is 0 Å². The SMILES string of the molecule is Cc1ccc(NC(=O)NCC2CN(CC(C)C)CCO2)cc1. The number of hydrogen-bond donors (Lipinski definition) is 2. The summed E-state index contributed by atoms with van der Waals surface area (Å²) < 4.78 is 5.72. The molecule has 2 N–H and O–H groups in total. The number of nitrogens with one attached hydrogen (secondary N) is 2. The first-order valence-corrected chi connectivity index (χ1v) is 7.98. The second-order valence-corrected chi connectivity index (χ2v) is 6.35. The lowest BCUT2D eigenvalue weighted by Gasteiger charge is -2.33. The Hall–Kier alpha value is -1.59. The third-order valence-electron chi connectivity index (χ3n) is 3.65. The van der Waals surface area contributed by atoms with Crippen molar-refractivity contribution < 1.29 is 9.53 Å². The minimum absolute atomic E-state index is 0.0660. The van der Waals surface area contributed by atoms with Gasteiger partial charge >= 0.3 is 6.03 Å². The number of carbonyl (C=O) groups excluding carboxylic acids is 1. The summed E-state index contributed by atoms with van der Waals surface area (Å²) in [6.45, 7) is 10.7. The zero-order valence-electron chi connectivity index (χ0n) is 13.8. The molecule has 1 unspecified atom stereocenters. The minimum Gasteiger partial charge on any atom is -0.374 e. The fraction of sp³-hybridized carbons (Fsp3) is 0.588. The minimum atomic E-state index is -0.187. The van der Waals surface area contributed by atoms with Crippen molar-refractivity contribution in [2.45, 2.75) is 26.9 Å². The maximum atomic E-state index is 11.9. The molecule has 1 fully saturated rings. The highest BCUT2D eigenvalue weighted by molar-refractivity contribution is 5.89. The standard InChI is InChI=1S/C17H27N3O2/c1-13(2)11-20-8-9-22-16(12-20)10-18-17(21)19-15-6-4-14(3)5-7-15/h4-7,13,16H,8-12H2,1-3H3,(H2,18,19,21). The van der Waals surface area contributed by atoms with Crippen LogP contribution in [0.1, 0.15) is 19.4 Å². The van der Waals surface area contributed by atoms with E-state index in [4.69, 9.17) is 4.74 Å². The second-order valence-electron chi connectivity index (χ2n) is 6.35. The van der Waals surface area contributed by atoms with Gasteiger partial charge in [0.05, 0.1) is 12.7 Å². The van der Waals surface area contributed by atoms with E-state index in [0.29, 0.717) is 12.5 Å². The van der Waals surface area contributed by atoms with Crippen molar-refractivity contribution in [3.8, 4) is 0 Å². The molecule has 1 heterocycles. The average molecular weight is 305 g/mol. The lowest BCUT2D eigenvalue weighted by molar-refractivity contribution is -0.0288. The first kappa shape index (κ1) is 16.8. The van der Waals surface area contributed by atoms with Gasteiger partial charge in [-0.15, -0.1) is 0 Å². The molecule has 1 saturated heterocycles. The van der Waals surface area contributed by atoms with Gasteiger partial charge in [-0.05, 0) is 25.0 Å². The van der Waals surface area contributed by atoms with Gasteiger partial charge in [0.2, 0.25) is 0 Å². The Kier molecular flexibility index (Phi) is 6.21. The number of carbonyl (C=O) groups is 1. The van der Waals surface area contributed by atoms with E-state index >= 15 is 0 Å². The van der Waals surface area contributed by atoms with Crippen LogP contribution in [0.15, 0.2) is 24.3 Å². The number of rotatable bonds is 5. The predicted molar refractivity (Wildman–Crippen MR) is 89.2 cm³/mol. The Bertz CT molecular complexity index is 473. The van der Waals surface area contributed by atoms with Crippen LogP contribution in [0.25, 0.3) is 0 Å². The molecule has 1 aliphatic rings. The molecule has 5 heteroatoms. The summed E-state index contributed by atoms with van der Waals surface area (Å²) in [5.74, 6) is 0.650. The molecule has 2 rings (SSSR count). The molecule has 22 heavy (non-hydrogen) atoms. The molecule has 1 aliphatic heterocycles. The molecule has 0 aromatic heterocycles. The lowest BCUT2D eigenvalue weighted by atomic mass is 10.2. The number of benzene rings is 1. The van der Waals surface area contributed by atoms with Gasteiger partial charge in [-0.1, -0.05) is 31.5 Å². The number of amides is 2. The van der Waals surface area contributed by atoms with Crippen molar-refractivity contribution in [1.29, 1.82) is 0 Å². The number of nitrogens with zero attached hydrogens (tertiary/aromatic N) is 1. The largest absolute Gasteiger partial charge is 0.374 e. The molecule has 0 saturated carbocycles. The van der Waals surface area contributed by atoms with E-state index in [1.165, 1.54) is 5.56 Å². The van der Waals surface area contributed by atoms with Crippen molar-refractivity contribution in [3.63, 3.8) is 0 Å². The summed E-state index contributed by atoms with van der Waals surface area (Å²) in [5, 5.41) is 5.72. The first-order chi connectivity index (χ1) is 10.5. The van der Waals surface area contributed by atoms with Crippen LogP contribution in [0.4, 0.5) is 10.5 Å². The topological polar surface area (TPSA) is 53.6 Å². The lowest BCUT2D eigenvalue weighted by Crippen LogP contribution is -2.48. The molecule has 2 amide bonds. The Morgan fingerprint density at radius 2 is 2.09 bits per heavy atom. The Labute approximate surface area is 133 Å². The molecule has 0 bridgehead atoms. The molecule has 0 aliphatic carbocycles. The molecular formula is C17H27N3O2. The Morgan fingerprint density at radius 3 is 2.77 bits per heavy atom. The Balaban J connectivity index is 1.72. The summed E-state index contributed by atoms with van der Waals surface area (Å²) in [6, 6.07) is 7.56. The molecule has 5 nitrogen and oxygen atoms in total. The van der Waals surface area contributed by atoms with Crippen molar-refractivity contribution in [1.82, 2.24) is 10.2 Å². The van der Waals surface area contributed by atoms with Gasteiger partial charge in [-0.3, -0.25) is 4.90 Å². The number of urea groups is 1. The normalized spacial score (nSPS) is 19.2. The van der Waals surface area contributed by atoms with E-state index in [0.717, 1.165) is 31.9 Å². The summed E-state index contributed by atoms with van der Waals surface area (Å²) in [7, 11) is 0. The van der Waals surface area contributed by atoms with Crippen molar-refractivity contribution >= 4 is 11.7 Å². The van der Waals surface area contributed by atoms with Gasteiger partial charge in [-0.2, -0.15) is 0 Å². The smallest absolute Gasteiger partial charge is 0.319 e. The maximum absolute atomic E-state index is 11.9. The fourth-order valence-electron chi connectivity index (χ4n) is 2.60. The van der Waals surface area contributed by atoms with Crippen LogP contribution in [-0.4, -0.2) is 49.8 Å². The van der Waals surface area contributed by atoms with Gasteiger partial charge < -0.3 is 15.4 Å². The van der Waals surface area contributed by atoms with Gasteiger partial charge in [0.25, 0.3) is 0 Å². The predicted octanol–water partition coefficient (Wildman–Crippen LogP) is 2.47. The van der Waals surface area contributed by atoms with Gasteiger partial charge in [0.1, 0.15) is 0 Å². The highest BCUT2D eigenvalue weighted by Gasteiger charge is 2.21. The van der Waals surface area contributed by atoms with Gasteiger partial charge in [-0.25, -0.2) is 4.79 Å². The van der Waals surface area contributed by atoms with E-state index in [9.17, 15) is 4.79 Å². The average Bonchev–Trinajstić information content (AvgIpc) is 2.47. The third-order valence-corrected chi connectivity index (χ3v) is 3.65. The summed E-state index contributed by atoms with van der Waals surface area (Å²) in [6.07, 6.45) is 0.0660. The molecular weight excluding hydrogens is 278 g/mol. The summed E-state index contributed by atoms with van der Waals surface area (Å²) in [5.41, 5.74) is 1.97. The molecule has 0 radical (unpaired) electrons. The number of anilines is 1. The third kappa shape index (κ3) is 5.66. The second kappa shape index (κ2) is 8.15. The van der Waals surface area contributed by atoms with Gasteiger partial charge in [0, 0.05) is 31.9 Å². The first-order valence-electron chi connectivity index (χ1n) is 7.98. The zero-order valence-corrected chi connectivity index (χ0v) is 13.8. The van der Waals surface area contributed by atoms with Crippen LogP contribution in [0.2, 0.25) is 0 Å². The molecule has 1 aromatic rings. The van der Waals surface area contributed by atoms with Crippen molar-refractivity contribution in [3.05, 3.63) is 29.8 Å². The van der Waals surface area contributed by atoms with E-state index in [-0.39, 0.29) is 12.1 Å². The number of ether oxygens (including phenoxy) is 1. The van der Waals surface area contributed by atoms with Crippen LogP contribution in [0.3, 0.4) is 0 Å². The fourth-order valence-corrected chi connectivity index (χ4v) is 2.60. The van der Waals surface area contributed by atoms with Crippen molar-refractivity contribution in [2.75, 3.05) is 38.1 Å². The van der Waals surface area contributed by atoms with Crippen LogP contribution in [0, 0.1) is 12.8 Å². The molecule has 1 aromatic carbocycles. The number of aryl methyl sites for hydroxylation is 1.